The van der Waals surface area contributed by atoms with E-state index < -0.39 is 0 Å². The summed E-state index contributed by atoms with van der Waals surface area (Å²) >= 11 is 0. The van der Waals surface area contributed by atoms with E-state index in [1.807, 2.05) is 25.1 Å². The van der Waals surface area contributed by atoms with Crippen LogP contribution in [-0.2, 0) is 4.79 Å². The van der Waals surface area contributed by atoms with Crippen molar-refractivity contribution < 1.29 is 14.3 Å². The van der Waals surface area contributed by atoms with Crippen molar-refractivity contribution in [1.29, 1.82) is 0 Å². The van der Waals surface area contributed by atoms with Gasteiger partial charge in [-0.05, 0) is 31.0 Å². The molecule has 1 N–H and O–H groups in total. The summed E-state index contributed by atoms with van der Waals surface area (Å²) in [4.78, 5) is 11.2. The van der Waals surface area contributed by atoms with Crippen molar-refractivity contribution in [3.8, 4) is 11.5 Å². The minimum absolute atomic E-state index is 0.143. The molecule has 1 saturated heterocycles. The van der Waals surface area contributed by atoms with Gasteiger partial charge in [-0.1, -0.05) is 6.07 Å². The topological polar surface area (TPSA) is 47.6 Å². The summed E-state index contributed by atoms with van der Waals surface area (Å²) in [6, 6.07) is 5.99. The fraction of sp³-hybridized carbons (Fsp3) is 0.500. The van der Waals surface area contributed by atoms with Crippen molar-refractivity contribution in [1.82, 2.24) is 5.32 Å². The second kappa shape index (κ2) is 5.76. The molecule has 0 aliphatic carbocycles. The van der Waals surface area contributed by atoms with Gasteiger partial charge in [-0.3, -0.25) is 4.79 Å². The van der Waals surface area contributed by atoms with E-state index >= 15 is 0 Å². The predicted octanol–water partition coefficient (Wildman–Crippen LogP) is 2.09. The fourth-order valence-corrected chi connectivity index (χ4v) is 2.23. The number of hydrogen-bond acceptors (Lipinski definition) is 3. The molecule has 0 spiro atoms. The maximum Gasteiger partial charge on any atom is 0.220 e. The van der Waals surface area contributed by atoms with Crippen LogP contribution in [0.2, 0.25) is 0 Å². The largest absolute Gasteiger partial charge is 0.493 e. The highest BCUT2D eigenvalue weighted by atomic mass is 16.5. The Bertz CT molecular complexity index is 421. The lowest BCUT2D eigenvalue weighted by molar-refractivity contribution is -0.122. The standard InChI is InChI=1S/C14H19NO3/c1-3-18-13-8-10(4-6-12(13)17-2)11-5-7-14(16)15-9-11/h4,6,8,11H,3,5,7,9H2,1-2H3,(H,15,16). The van der Waals surface area contributed by atoms with Gasteiger partial charge in [-0.2, -0.15) is 0 Å². The van der Waals surface area contributed by atoms with Crippen LogP contribution < -0.4 is 14.8 Å². The molecule has 0 radical (unpaired) electrons. The van der Waals surface area contributed by atoms with Gasteiger partial charge in [0.25, 0.3) is 0 Å². The Kier molecular flexibility index (Phi) is 4.07. The summed E-state index contributed by atoms with van der Waals surface area (Å²) < 4.78 is 10.8. The number of methoxy groups -OCH3 is 1. The van der Waals surface area contributed by atoms with Crippen LogP contribution in [0.15, 0.2) is 18.2 Å². The number of carbonyl (C=O) groups is 1. The smallest absolute Gasteiger partial charge is 0.220 e. The Hall–Kier alpha value is -1.71. The Labute approximate surface area is 107 Å². The minimum atomic E-state index is 0.143. The lowest BCUT2D eigenvalue weighted by Gasteiger charge is -2.23. The van der Waals surface area contributed by atoms with Crippen LogP contribution in [0.3, 0.4) is 0 Å². The third kappa shape index (κ3) is 2.75. The van der Waals surface area contributed by atoms with Crippen molar-refractivity contribution in [3.63, 3.8) is 0 Å². The molecular formula is C14H19NO3. The fourth-order valence-electron chi connectivity index (χ4n) is 2.23. The molecule has 18 heavy (non-hydrogen) atoms. The number of nitrogens with one attached hydrogen (secondary N) is 1. The van der Waals surface area contributed by atoms with Crippen LogP contribution in [0.1, 0.15) is 31.2 Å². The molecule has 1 aromatic rings. The second-order valence-electron chi connectivity index (χ2n) is 4.38. The first-order valence-corrected chi connectivity index (χ1v) is 6.32. The number of piperidine rings is 1. The van der Waals surface area contributed by atoms with Crippen LogP contribution in [0.25, 0.3) is 0 Å². The summed E-state index contributed by atoms with van der Waals surface area (Å²) in [6.45, 7) is 3.27. The van der Waals surface area contributed by atoms with Crippen molar-refractivity contribution in [2.75, 3.05) is 20.3 Å². The molecule has 0 bridgehead atoms. The predicted molar refractivity (Wildman–Crippen MR) is 69.1 cm³/mol. The summed E-state index contributed by atoms with van der Waals surface area (Å²) in [5, 5.41) is 2.90. The number of amides is 1. The first-order chi connectivity index (χ1) is 8.74. The number of hydrogen-bond donors (Lipinski definition) is 1. The van der Waals surface area contributed by atoms with E-state index in [1.54, 1.807) is 7.11 Å². The normalized spacial score (nSPS) is 19.2. The van der Waals surface area contributed by atoms with Crippen LogP contribution in [0.4, 0.5) is 0 Å². The number of ether oxygens (including phenoxy) is 2. The molecule has 0 saturated carbocycles. The molecule has 4 nitrogen and oxygen atoms in total. The molecule has 1 heterocycles. The van der Waals surface area contributed by atoms with Gasteiger partial charge in [0, 0.05) is 18.9 Å². The van der Waals surface area contributed by atoms with Crippen molar-refractivity contribution >= 4 is 5.91 Å². The molecular weight excluding hydrogens is 230 g/mol. The lowest BCUT2D eigenvalue weighted by Crippen LogP contribution is -2.33. The first-order valence-electron chi connectivity index (χ1n) is 6.32. The van der Waals surface area contributed by atoms with Gasteiger partial charge in [0.05, 0.1) is 13.7 Å². The van der Waals surface area contributed by atoms with Gasteiger partial charge in [-0.25, -0.2) is 0 Å². The molecule has 1 unspecified atom stereocenters. The van der Waals surface area contributed by atoms with Crippen LogP contribution in [0, 0.1) is 0 Å². The molecule has 0 aromatic heterocycles. The zero-order valence-corrected chi connectivity index (χ0v) is 10.9. The molecule has 2 rings (SSSR count). The third-order valence-corrected chi connectivity index (χ3v) is 3.22. The summed E-state index contributed by atoms with van der Waals surface area (Å²) in [7, 11) is 1.64. The zero-order valence-electron chi connectivity index (χ0n) is 10.9. The molecule has 1 aliphatic rings. The van der Waals surface area contributed by atoms with E-state index in [0.29, 0.717) is 25.5 Å². The quantitative estimate of drug-likeness (QED) is 0.888. The van der Waals surface area contributed by atoms with E-state index in [1.165, 1.54) is 5.56 Å². The monoisotopic (exact) mass is 249 g/mol. The first kappa shape index (κ1) is 12.7. The van der Waals surface area contributed by atoms with Crippen molar-refractivity contribution in [3.05, 3.63) is 23.8 Å². The van der Waals surface area contributed by atoms with Crippen LogP contribution in [0.5, 0.6) is 11.5 Å². The Morgan fingerprint density at radius 2 is 2.22 bits per heavy atom. The third-order valence-electron chi connectivity index (χ3n) is 3.22. The van der Waals surface area contributed by atoms with Crippen molar-refractivity contribution in [2.45, 2.75) is 25.7 Å². The van der Waals surface area contributed by atoms with Crippen LogP contribution >= 0.6 is 0 Å². The maximum atomic E-state index is 11.2. The zero-order chi connectivity index (χ0) is 13.0. The van der Waals surface area contributed by atoms with Gasteiger partial charge in [0.15, 0.2) is 11.5 Å². The average Bonchev–Trinajstić information content (AvgIpc) is 2.40. The van der Waals surface area contributed by atoms with Gasteiger partial charge in [0.2, 0.25) is 5.91 Å². The SMILES string of the molecule is CCOc1cc(C2CCC(=O)NC2)ccc1OC. The number of benzene rings is 1. The molecule has 1 amide bonds. The van der Waals surface area contributed by atoms with E-state index in [9.17, 15) is 4.79 Å². The molecule has 1 aromatic carbocycles. The van der Waals surface area contributed by atoms with Gasteiger partial charge in [-0.15, -0.1) is 0 Å². The van der Waals surface area contributed by atoms with Gasteiger partial charge in [0.1, 0.15) is 0 Å². The minimum Gasteiger partial charge on any atom is -0.493 e. The van der Waals surface area contributed by atoms with Gasteiger partial charge < -0.3 is 14.8 Å². The average molecular weight is 249 g/mol. The highest BCUT2D eigenvalue weighted by molar-refractivity contribution is 5.76. The van der Waals surface area contributed by atoms with Gasteiger partial charge >= 0.3 is 0 Å². The summed E-state index contributed by atoms with van der Waals surface area (Å²) in [5.41, 5.74) is 1.19. The van der Waals surface area contributed by atoms with E-state index in [2.05, 4.69) is 5.32 Å². The Morgan fingerprint density at radius 3 is 2.83 bits per heavy atom. The molecule has 1 fully saturated rings. The molecule has 1 atom stereocenters. The molecule has 4 heteroatoms. The molecule has 98 valence electrons. The van der Waals surface area contributed by atoms with E-state index in [4.69, 9.17) is 9.47 Å². The highest BCUT2D eigenvalue weighted by Gasteiger charge is 2.20. The highest BCUT2D eigenvalue weighted by Crippen LogP contribution is 2.33. The molecule has 1 aliphatic heterocycles. The van der Waals surface area contributed by atoms with Crippen LogP contribution in [-0.4, -0.2) is 26.2 Å². The van der Waals surface area contributed by atoms with E-state index in [0.717, 1.165) is 17.9 Å². The van der Waals surface area contributed by atoms with Crippen molar-refractivity contribution in [2.24, 2.45) is 0 Å². The Morgan fingerprint density at radius 1 is 1.39 bits per heavy atom. The summed E-state index contributed by atoms with van der Waals surface area (Å²) in [6.07, 6.45) is 1.49. The maximum absolute atomic E-state index is 11.2. The van der Waals surface area contributed by atoms with E-state index in [-0.39, 0.29) is 5.91 Å². The number of rotatable bonds is 4. The summed E-state index contributed by atoms with van der Waals surface area (Å²) in [5.74, 6) is 2.03. The second-order valence-corrected chi connectivity index (χ2v) is 4.38. The lowest BCUT2D eigenvalue weighted by atomic mass is 9.91. The Balaban J connectivity index is 2.18. The number of carbonyl (C=O) groups excluding carboxylic acids is 1.